The van der Waals surface area contributed by atoms with Gasteiger partial charge < -0.3 is 15.7 Å². The molecule has 0 radical (unpaired) electrons. The van der Waals surface area contributed by atoms with Crippen molar-refractivity contribution in [1.82, 2.24) is 10.6 Å². The third-order valence-electron chi connectivity index (χ3n) is 1.68. The molecule has 0 saturated heterocycles. The van der Waals surface area contributed by atoms with Crippen LogP contribution in [0.3, 0.4) is 0 Å². The molecule has 1 atom stereocenters. The Hall–Kier alpha value is -1.35. The Balaban J connectivity index is 3.95. The van der Waals surface area contributed by atoms with Gasteiger partial charge >= 0.3 is 12.0 Å². The highest BCUT2D eigenvalue weighted by molar-refractivity contribution is 7.89. The maximum Gasteiger partial charge on any atom is 0.326 e. The van der Waals surface area contributed by atoms with Gasteiger partial charge in [0, 0.05) is 6.54 Å². The number of urea groups is 1. The van der Waals surface area contributed by atoms with E-state index in [4.69, 9.17) is 10.2 Å². The summed E-state index contributed by atoms with van der Waals surface area (Å²) in [6.45, 7) is 1.43. The van der Waals surface area contributed by atoms with Crippen molar-refractivity contribution in [3.63, 3.8) is 0 Å². The zero-order valence-electron chi connectivity index (χ0n) is 8.76. The van der Waals surface area contributed by atoms with Crippen LogP contribution in [0.4, 0.5) is 4.79 Å². The lowest BCUT2D eigenvalue weighted by atomic mass is 10.2. The molecule has 0 aromatic heterocycles. The van der Waals surface area contributed by atoms with Crippen molar-refractivity contribution in [1.29, 1.82) is 0 Å². The van der Waals surface area contributed by atoms with Crippen LogP contribution < -0.4 is 15.8 Å². The molecule has 0 unspecified atom stereocenters. The standard InChI is InChI=1S/C7H15N3O5S/c1-2-5(6(11)12)10-7(13)9-3-4-16(8,14)15/h5H,2-4H2,1H3,(H,11,12)(H2,8,14,15)(H2,9,10,13)/t5-/m1/s1. The van der Waals surface area contributed by atoms with Crippen molar-refractivity contribution in [2.24, 2.45) is 5.14 Å². The van der Waals surface area contributed by atoms with Crippen LogP contribution in [0.5, 0.6) is 0 Å². The van der Waals surface area contributed by atoms with Crippen LogP contribution in [0, 0.1) is 0 Å². The second kappa shape index (κ2) is 6.28. The molecule has 0 saturated carbocycles. The minimum Gasteiger partial charge on any atom is -0.480 e. The molecule has 0 aromatic carbocycles. The lowest BCUT2D eigenvalue weighted by molar-refractivity contribution is -0.139. The summed E-state index contributed by atoms with van der Waals surface area (Å²) in [5, 5.41) is 17.7. The van der Waals surface area contributed by atoms with E-state index < -0.39 is 33.8 Å². The molecule has 9 heteroatoms. The number of hydrogen-bond acceptors (Lipinski definition) is 4. The normalized spacial score (nSPS) is 12.9. The molecule has 0 rings (SSSR count). The van der Waals surface area contributed by atoms with Gasteiger partial charge in [0.05, 0.1) is 5.75 Å². The summed E-state index contributed by atoms with van der Waals surface area (Å²) in [6.07, 6.45) is 0.234. The molecule has 0 aliphatic heterocycles. The first-order valence-corrected chi connectivity index (χ1v) is 6.25. The van der Waals surface area contributed by atoms with Crippen LogP contribution in [0.1, 0.15) is 13.3 Å². The summed E-state index contributed by atoms with van der Waals surface area (Å²) in [5.74, 6) is -1.55. The van der Waals surface area contributed by atoms with E-state index in [-0.39, 0.29) is 13.0 Å². The van der Waals surface area contributed by atoms with Crippen LogP contribution in [0.2, 0.25) is 0 Å². The topological polar surface area (TPSA) is 139 Å². The largest absolute Gasteiger partial charge is 0.480 e. The minimum atomic E-state index is -3.63. The summed E-state index contributed by atoms with van der Waals surface area (Å²) in [4.78, 5) is 21.6. The van der Waals surface area contributed by atoms with Crippen LogP contribution in [-0.2, 0) is 14.8 Å². The number of carbonyl (C=O) groups excluding carboxylic acids is 1. The Morgan fingerprint density at radius 1 is 1.44 bits per heavy atom. The van der Waals surface area contributed by atoms with Crippen molar-refractivity contribution in [2.45, 2.75) is 19.4 Å². The van der Waals surface area contributed by atoms with E-state index in [0.717, 1.165) is 0 Å². The quantitative estimate of drug-likeness (QED) is 0.453. The third kappa shape index (κ3) is 7.01. The minimum absolute atomic E-state index is 0.166. The molecule has 0 aliphatic carbocycles. The number of primary sulfonamides is 1. The maximum atomic E-state index is 11.1. The Bertz CT molecular complexity index is 353. The summed E-state index contributed by atoms with van der Waals surface area (Å²) in [5.41, 5.74) is 0. The van der Waals surface area contributed by atoms with Crippen molar-refractivity contribution in [3.8, 4) is 0 Å². The van der Waals surface area contributed by atoms with E-state index in [0.29, 0.717) is 0 Å². The second-order valence-corrected chi connectivity index (χ2v) is 4.80. The van der Waals surface area contributed by atoms with Gasteiger partial charge in [-0.1, -0.05) is 6.92 Å². The monoisotopic (exact) mass is 253 g/mol. The molecule has 0 aromatic rings. The van der Waals surface area contributed by atoms with E-state index in [2.05, 4.69) is 10.6 Å². The molecule has 94 valence electrons. The van der Waals surface area contributed by atoms with E-state index in [1.54, 1.807) is 6.92 Å². The second-order valence-electron chi connectivity index (χ2n) is 3.07. The van der Waals surface area contributed by atoms with Gasteiger partial charge in [0.2, 0.25) is 10.0 Å². The summed E-state index contributed by atoms with van der Waals surface area (Å²) in [7, 11) is -3.63. The molecule has 5 N–H and O–H groups in total. The van der Waals surface area contributed by atoms with Gasteiger partial charge in [-0.2, -0.15) is 0 Å². The van der Waals surface area contributed by atoms with Crippen molar-refractivity contribution in [3.05, 3.63) is 0 Å². The third-order valence-corrected chi connectivity index (χ3v) is 2.46. The van der Waals surface area contributed by atoms with Crippen molar-refractivity contribution in [2.75, 3.05) is 12.3 Å². The number of sulfonamides is 1. The molecule has 0 bridgehead atoms. The average Bonchev–Trinajstić information content (AvgIpc) is 2.11. The maximum absolute atomic E-state index is 11.1. The molecule has 8 nitrogen and oxygen atoms in total. The number of carbonyl (C=O) groups is 2. The average molecular weight is 253 g/mol. The lowest BCUT2D eigenvalue weighted by Gasteiger charge is -2.12. The SMILES string of the molecule is CC[C@@H](NC(=O)NCCS(N)(=O)=O)C(=O)O. The molecule has 0 aliphatic rings. The molecule has 0 heterocycles. The molecule has 0 spiro atoms. The Morgan fingerprint density at radius 3 is 2.38 bits per heavy atom. The fraction of sp³-hybridized carbons (Fsp3) is 0.714. The Kier molecular flexibility index (Phi) is 5.75. The van der Waals surface area contributed by atoms with Crippen LogP contribution in [0.25, 0.3) is 0 Å². The number of aliphatic carboxylic acids is 1. The number of nitrogens with two attached hydrogens (primary N) is 1. The lowest BCUT2D eigenvalue weighted by Crippen LogP contribution is -2.46. The number of carboxylic acid groups (broad SMARTS) is 1. The zero-order valence-corrected chi connectivity index (χ0v) is 9.58. The first kappa shape index (κ1) is 14.6. The molecule has 0 fully saturated rings. The molecular weight excluding hydrogens is 238 g/mol. The summed E-state index contributed by atoms with van der Waals surface area (Å²) in [6, 6.07) is -1.73. The van der Waals surface area contributed by atoms with Crippen LogP contribution in [0.15, 0.2) is 0 Å². The highest BCUT2D eigenvalue weighted by atomic mass is 32.2. The predicted octanol–water partition coefficient (Wildman–Crippen LogP) is -1.56. The predicted molar refractivity (Wildman–Crippen MR) is 56.2 cm³/mol. The first-order valence-electron chi connectivity index (χ1n) is 4.54. The van der Waals surface area contributed by atoms with Crippen molar-refractivity contribution < 1.29 is 23.1 Å². The first-order chi connectivity index (χ1) is 7.26. The fourth-order valence-corrected chi connectivity index (χ4v) is 1.24. The highest BCUT2D eigenvalue weighted by Crippen LogP contribution is 1.90. The highest BCUT2D eigenvalue weighted by Gasteiger charge is 2.17. The Labute approximate surface area is 93.2 Å². The zero-order chi connectivity index (χ0) is 12.8. The van der Waals surface area contributed by atoms with Gasteiger partial charge in [-0.25, -0.2) is 23.1 Å². The van der Waals surface area contributed by atoms with Gasteiger partial charge in [0.1, 0.15) is 6.04 Å². The van der Waals surface area contributed by atoms with Crippen molar-refractivity contribution >= 4 is 22.0 Å². The summed E-state index contributed by atoms with van der Waals surface area (Å²) < 4.78 is 21.0. The number of carboxylic acids is 1. The van der Waals surface area contributed by atoms with E-state index in [1.807, 2.05) is 0 Å². The molecule has 2 amide bonds. The smallest absolute Gasteiger partial charge is 0.326 e. The number of nitrogens with one attached hydrogen (secondary N) is 2. The number of hydrogen-bond donors (Lipinski definition) is 4. The van der Waals surface area contributed by atoms with E-state index in [9.17, 15) is 18.0 Å². The van der Waals surface area contributed by atoms with Crippen LogP contribution in [-0.4, -0.2) is 43.9 Å². The van der Waals surface area contributed by atoms with E-state index >= 15 is 0 Å². The fourth-order valence-electron chi connectivity index (χ4n) is 0.855. The van der Waals surface area contributed by atoms with Gasteiger partial charge in [-0.3, -0.25) is 0 Å². The molecular formula is C7H15N3O5S. The Morgan fingerprint density at radius 2 is 2.00 bits per heavy atom. The number of amides is 2. The van der Waals surface area contributed by atoms with Gasteiger partial charge in [-0.05, 0) is 6.42 Å². The summed E-state index contributed by atoms with van der Waals surface area (Å²) >= 11 is 0. The van der Waals surface area contributed by atoms with Gasteiger partial charge in [-0.15, -0.1) is 0 Å². The molecule has 16 heavy (non-hydrogen) atoms. The number of rotatable bonds is 6. The van der Waals surface area contributed by atoms with Gasteiger partial charge in [0.15, 0.2) is 0 Å². The van der Waals surface area contributed by atoms with Crippen LogP contribution >= 0.6 is 0 Å². The van der Waals surface area contributed by atoms with E-state index in [1.165, 1.54) is 0 Å². The van der Waals surface area contributed by atoms with Gasteiger partial charge in [0.25, 0.3) is 0 Å².